The van der Waals surface area contributed by atoms with Gasteiger partial charge in [0, 0.05) is 11.3 Å². The summed E-state index contributed by atoms with van der Waals surface area (Å²) in [4.78, 5) is 0. The number of hydrogen-bond donors (Lipinski definition) is 2. The molecule has 0 saturated carbocycles. The normalized spacial score (nSPS) is 16.3. The maximum absolute atomic E-state index is 8.53. The molecule has 1 aliphatic heterocycles. The van der Waals surface area contributed by atoms with Crippen molar-refractivity contribution in [3.8, 4) is 5.75 Å². The highest BCUT2D eigenvalue weighted by molar-refractivity contribution is 8.00. The predicted molar refractivity (Wildman–Crippen MR) is 71.5 cm³/mol. The molecule has 0 radical (unpaired) electrons. The quantitative estimate of drug-likeness (QED) is 0.267. The van der Waals surface area contributed by atoms with Gasteiger partial charge in [0.25, 0.3) is 0 Å². The minimum atomic E-state index is 0.0992. The number of nitrogens with zero attached hydrogens (tertiary/aromatic N) is 1. The fourth-order valence-electron chi connectivity index (χ4n) is 1.46. The highest BCUT2D eigenvalue weighted by atomic mass is 32.2. The highest BCUT2D eigenvalue weighted by Crippen LogP contribution is 2.19. The van der Waals surface area contributed by atoms with E-state index in [2.05, 4.69) is 5.16 Å². The zero-order chi connectivity index (χ0) is 12.8. The average Bonchev–Trinajstić information content (AvgIpc) is 2.36. The van der Waals surface area contributed by atoms with Crippen molar-refractivity contribution >= 4 is 17.6 Å². The molecule has 0 spiro atoms. The van der Waals surface area contributed by atoms with Crippen LogP contribution in [0.4, 0.5) is 0 Å². The molecule has 98 valence electrons. The Labute approximate surface area is 110 Å². The van der Waals surface area contributed by atoms with Gasteiger partial charge in [0.1, 0.15) is 5.75 Å². The Hall–Kier alpha value is -1.40. The molecule has 1 aliphatic rings. The van der Waals surface area contributed by atoms with Crippen LogP contribution < -0.4 is 10.5 Å². The van der Waals surface area contributed by atoms with E-state index in [1.165, 1.54) is 0 Å². The molecular formula is C12H16N2O3S. The van der Waals surface area contributed by atoms with Gasteiger partial charge in [-0.05, 0) is 24.3 Å². The SMILES string of the molecule is NC(=NO)c1ccc(OCCSC2COC2)cc1. The minimum absolute atomic E-state index is 0.0992. The van der Waals surface area contributed by atoms with Crippen LogP contribution in [-0.4, -0.2) is 41.9 Å². The summed E-state index contributed by atoms with van der Waals surface area (Å²) in [6, 6.07) is 7.14. The number of oxime groups is 1. The summed E-state index contributed by atoms with van der Waals surface area (Å²) in [5.41, 5.74) is 6.14. The van der Waals surface area contributed by atoms with Gasteiger partial charge in [0.15, 0.2) is 5.84 Å². The molecule has 1 aromatic rings. The Kier molecular flexibility index (Phi) is 4.72. The lowest BCUT2D eigenvalue weighted by Gasteiger charge is -2.25. The van der Waals surface area contributed by atoms with Crippen molar-refractivity contribution in [3.63, 3.8) is 0 Å². The summed E-state index contributed by atoms with van der Waals surface area (Å²) in [7, 11) is 0. The summed E-state index contributed by atoms with van der Waals surface area (Å²) >= 11 is 1.87. The number of ether oxygens (including phenoxy) is 2. The largest absolute Gasteiger partial charge is 0.493 e. The van der Waals surface area contributed by atoms with E-state index in [1.54, 1.807) is 12.1 Å². The molecule has 0 aliphatic carbocycles. The topological polar surface area (TPSA) is 77.1 Å². The number of benzene rings is 1. The monoisotopic (exact) mass is 268 g/mol. The Morgan fingerprint density at radius 1 is 1.44 bits per heavy atom. The molecule has 0 atom stereocenters. The number of amidine groups is 1. The van der Waals surface area contributed by atoms with Gasteiger partial charge in [-0.3, -0.25) is 0 Å². The first kappa shape index (κ1) is 13.0. The van der Waals surface area contributed by atoms with E-state index in [0.29, 0.717) is 17.4 Å². The van der Waals surface area contributed by atoms with E-state index in [1.807, 2.05) is 23.9 Å². The van der Waals surface area contributed by atoms with Gasteiger partial charge in [-0.25, -0.2) is 0 Å². The van der Waals surface area contributed by atoms with E-state index < -0.39 is 0 Å². The molecule has 18 heavy (non-hydrogen) atoms. The average molecular weight is 268 g/mol. The molecule has 0 amide bonds. The molecule has 1 saturated heterocycles. The Morgan fingerprint density at radius 2 is 2.17 bits per heavy atom. The smallest absolute Gasteiger partial charge is 0.170 e. The van der Waals surface area contributed by atoms with Crippen LogP contribution in [-0.2, 0) is 4.74 Å². The maximum atomic E-state index is 8.53. The Balaban J connectivity index is 1.72. The first-order chi connectivity index (χ1) is 8.79. The van der Waals surface area contributed by atoms with Crippen molar-refractivity contribution in [1.82, 2.24) is 0 Å². The first-order valence-electron chi connectivity index (χ1n) is 5.69. The van der Waals surface area contributed by atoms with Crippen LogP contribution in [0.1, 0.15) is 5.56 Å². The van der Waals surface area contributed by atoms with Crippen molar-refractivity contribution < 1.29 is 14.7 Å². The van der Waals surface area contributed by atoms with Crippen molar-refractivity contribution in [1.29, 1.82) is 0 Å². The third-order valence-corrected chi connectivity index (χ3v) is 3.72. The summed E-state index contributed by atoms with van der Waals surface area (Å²) in [5, 5.41) is 12.1. The summed E-state index contributed by atoms with van der Waals surface area (Å²) < 4.78 is 10.7. The second-order valence-corrected chi connectivity index (χ2v) is 5.30. The zero-order valence-corrected chi connectivity index (χ0v) is 10.7. The molecular weight excluding hydrogens is 252 g/mol. The van der Waals surface area contributed by atoms with Gasteiger partial charge in [0.2, 0.25) is 0 Å². The molecule has 2 rings (SSSR count). The van der Waals surface area contributed by atoms with Crippen molar-refractivity contribution in [2.45, 2.75) is 5.25 Å². The maximum Gasteiger partial charge on any atom is 0.170 e. The van der Waals surface area contributed by atoms with Crippen molar-refractivity contribution in [2.75, 3.05) is 25.6 Å². The molecule has 0 aromatic heterocycles. The van der Waals surface area contributed by atoms with Gasteiger partial charge in [-0.15, -0.1) is 0 Å². The van der Waals surface area contributed by atoms with Crippen LogP contribution in [0.5, 0.6) is 5.75 Å². The number of rotatable bonds is 6. The third kappa shape index (κ3) is 3.54. The van der Waals surface area contributed by atoms with Crippen molar-refractivity contribution in [3.05, 3.63) is 29.8 Å². The summed E-state index contributed by atoms with van der Waals surface area (Å²) in [6.07, 6.45) is 0. The molecule has 1 fully saturated rings. The zero-order valence-electron chi connectivity index (χ0n) is 9.91. The van der Waals surface area contributed by atoms with Gasteiger partial charge < -0.3 is 20.4 Å². The van der Waals surface area contributed by atoms with Crippen molar-refractivity contribution in [2.24, 2.45) is 10.9 Å². The van der Waals surface area contributed by atoms with Crippen LogP contribution in [0, 0.1) is 0 Å². The van der Waals surface area contributed by atoms with Crippen LogP contribution in [0.25, 0.3) is 0 Å². The van der Waals surface area contributed by atoms with E-state index >= 15 is 0 Å². The molecule has 3 N–H and O–H groups in total. The fraction of sp³-hybridized carbons (Fsp3) is 0.417. The molecule has 1 aromatic carbocycles. The first-order valence-corrected chi connectivity index (χ1v) is 6.74. The van der Waals surface area contributed by atoms with Crippen LogP contribution in [0.15, 0.2) is 29.4 Å². The molecule has 5 nitrogen and oxygen atoms in total. The third-order valence-electron chi connectivity index (χ3n) is 2.57. The molecule has 6 heteroatoms. The van der Waals surface area contributed by atoms with E-state index in [9.17, 15) is 0 Å². The highest BCUT2D eigenvalue weighted by Gasteiger charge is 2.17. The van der Waals surface area contributed by atoms with Gasteiger partial charge >= 0.3 is 0 Å². The molecule has 0 unspecified atom stereocenters. The molecule has 0 bridgehead atoms. The van der Waals surface area contributed by atoms with Gasteiger partial charge in [0.05, 0.1) is 25.1 Å². The Bertz CT molecular complexity index is 404. The number of nitrogens with two attached hydrogens (primary N) is 1. The Morgan fingerprint density at radius 3 is 2.72 bits per heavy atom. The van der Waals surface area contributed by atoms with Gasteiger partial charge in [-0.2, -0.15) is 11.8 Å². The van der Waals surface area contributed by atoms with Crippen LogP contribution in [0.2, 0.25) is 0 Å². The lowest BCUT2D eigenvalue weighted by Crippen LogP contribution is -2.31. The van der Waals surface area contributed by atoms with Crippen LogP contribution >= 0.6 is 11.8 Å². The van der Waals surface area contributed by atoms with Crippen LogP contribution in [0.3, 0.4) is 0 Å². The number of thioether (sulfide) groups is 1. The number of hydrogen-bond acceptors (Lipinski definition) is 5. The second kappa shape index (κ2) is 6.51. The summed E-state index contributed by atoms with van der Waals surface area (Å²) in [6.45, 7) is 2.39. The van der Waals surface area contributed by atoms with Gasteiger partial charge in [-0.1, -0.05) is 5.16 Å². The summed E-state index contributed by atoms with van der Waals surface area (Å²) in [5.74, 6) is 1.84. The lowest BCUT2D eigenvalue weighted by atomic mass is 10.2. The lowest BCUT2D eigenvalue weighted by molar-refractivity contribution is 0.0454. The van der Waals surface area contributed by atoms with E-state index in [0.717, 1.165) is 24.7 Å². The predicted octanol–water partition coefficient (Wildman–Crippen LogP) is 1.29. The fourth-order valence-corrected chi connectivity index (χ4v) is 2.36. The van der Waals surface area contributed by atoms with E-state index in [-0.39, 0.29) is 5.84 Å². The molecule has 1 heterocycles. The second-order valence-electron chi connectivity index (χ2n) is 3.89. The minimum Gasteiger partial charge on any atom is -0.493 e. The standard InChI is InChI=1S/C12H16N2O3S/c13-12(14-15)9-1-3-10(4-2-9)17-5-6-18-11-7-16-8-11/h1-4,11,15H,5-8H2,(H2,13,14). The van der Waals surface area contributed by atoms with E-state index in [4.69, 9.17) is 20.4 Å².